The molecule has 0 fully saturated rings. The lowest BCUT2D eigenvalue weighted by atomic mass is 10.2. The molecule has 0 radical (unpaired) electrons. The van der Waals surface area contributed by atoms with Crippen LogP contribution in [0.2, 0.25) is 0 Å². The number of carbonyl (C=O) groups is 5. The SMILES string of the molecule is C=CC(=O)OCCCCCCOc1ccc(C(=O)Oc2ccc(OC(=O)c3ccc(OCCCCCCOC(=O)C=C)cc3)c(C=NN(C(=O)C=C)c3nc4ccccc4s3)c2)cc1. The highest BCUT2D eigenvalue weighted by atomic mass is 32.1. The van der Waals surface area contributed by atoms with E-state index in [0.717, 1.165) is 79.3 Å². The highest BCUT2D eigenvalue weighted by Crippen LogP contribution is 2.30. The molecule has 1 amide bonds. The lowest BCUT2D eigenvalue weighted by Gasteiger charge is -2.13. The van der Waals surface area contributed by atoms with Gasteiger partial charge >= 0.3 is 23.9 Å². The van der Waals surface area contributed by atoms with Crippen molar-refractivity contribution in [1.29, 1.82) is 0 Å². The lowest BCUT2D eigenvalue weighted by Crippen LogP contribution is -2.23. The molecule has 0 bridgehead atoms. The zero-order valence-electron chi connectivity index (χ0n) is 35.3. The van der Waals surface area contributed by atoms with Crippen molar-refractivity contribution >= 4 is 62.7 Å². The number of amides is 1. The van der Waals surface area contributed by atoms with E-state index >= 15 is 0 Å². The van der Waals surface area contributed by atoms with Crippen LogP contribution < -0.4 is 24.0 Å². The number of benzene rings is 4. The van der Waals surface area contributed by atoms with Gasteiger partial charge in [-0.05, 0) is 136 Å². The molecule has 332 valence electrons. The first-order valence-corrected chi connectivity index (χ1v) is 21.5. The fourth-order valence-corrected chi connectivity index (χ4v) is 6.73. The highest BCUT2D eigenvalue weighted by molar-refractivity contribution is 7.22. The molecular weight excluding hydrogens is 839 g/mol. The molecule has 64 heavy (non-hydrogen) atoms. The summed E-state index contributed by atoms with van der Waals surface area (Å²) in [5.74, 6) is -1.39. The van der Waals surface area contributed by atoms with Crippen molar-refractivity contribution in [3.05, 3.63) is 146 Å². The summed E-state index contributed by atoms with van der Waals surface area (Å²) in [7, 11) is 0. The van der Waals surface area contributed by atoms with Crippen LogP contribution in [0.15, 0.2) is 134 Å². The minimum Gasteiger partial charge on any atom is -0.494 e. The van der Waals surface area contributed by atoms with E-state index in [2.05, 4.69) is 29.8 Å². The van der Waals surface area contributed by atoms with Crippen molar-refractivity contribution in [3.8, 4) is 23.0 Å². The number of anilines is 1. The Morgan fingerprint density at radius 2 is 1.11 bits per heavy atom. The average Bonchev–Trinajstić information content (AvgIpc) is 3.75. The van der Waals surface area contributed by atoms with Crippen LogP contribution in [0.1, 0.15) is 77.6 Å². The summed E-state index contributed by atoms with van der Waals surface area (Å²) in [6.07, 6.45) is 11.4. The second-order valence-electron chi connectivity index (χ2n) is 13.9. The van der Waals surface area contributed by atoms with E-state index in [1.807, 2.05) is 24.3 Å². The molecule has 0 saturated carbocycles. The molecule has 0 aliphatic carbocycles. The number of para-hydroxylation sites is 1. The number of rotatable bonds is 26. The van der Waals surface area contributed by atoms with Crippen LogP contribution in [-0.4, -0.2) is 67.4 Å². The molecule has 5 aromatic rings. The van der Waals surface area contributed by atoms with Gasteiger partial charge in [0.2, 0.25) is 5.13 Å². The molecule has 5 rings (SSSR count). The van der Waals surface area contributed by atoms with Crippen molar-refractivity contribution in [2.75, 3.05) is 31.4 Å². The summed E-state index contributed by atoms with van der Waals surface area (Å²) >= 11 is 1.25. The van der Waals surface area contributed by atoms with Gasteiger partial charge in [-0.2, -0.15) is 10.1 Å². The van der Waals surface area contributed by atoms with E-state index in [1.54, 1.807) is 48.5 Å². The van der Waals surface area contributed by atoms with Crippen LogP contribution in [-0.2, 0) is 23.9 Å². The Kier molecular flexibility index (Phi) is 19.0. The van der Waals surface area contributed by atoms with E-state index in [-0.39, 0.29) is 33.3 Å². The summed E-state index contributed by atoms with van der Waals surface area (Å²) in [5.41, 5.74) is 1.40. The first kappa shape index (κ1) is 47.7. The fourth-order valence-electron chi connectivity index (χ4n) is 5.80. The van der Waals surface area contributed by atoms with Gasteiger partial charge in [0.05, 0.1) is 54.0 Å². The maximum atomic E-state index is 13.4. The molecule has 0 atom stereocenters. The van der Waals surface area contributed by atoms with Crippen molar-refractivity contribution in [2.24, 2.45) is 5.10 Å². The number of hydrogen-bond donors (Lipinski definition) is 0. The van der Waals surface area contributed by atoms with E-state index < -0.39 is 29.8 Å². The minimum absolute atomic E-state index is 0.0704. The predicted octanol–water partition coefficient (Wildman–Crippen LogP) is 9.62. The lowest BCUT2D eigenvalue weighted by molar-refractivity contribution is -0.138. The van der Waals surface area contributed by atoms with Crippen LogP contribution in [0.3, 0.4) is 0 Å². The number of esters is 4. The quantitative estimate of drug-likeness (QED) is 0.0129. The number of hydrogen-bond acceptors (Lipinski definition) is 14. The molecule has 15 heteroatoms. The zero-order chi connectivity index (χ0) is 45.5. The van der Waals surface area contributed by atoms with Crippen LogP contribution >= 0.6 is 11.3 Å². The van der Waals surface area contributed by atoms with E-state index in [1.165, 1.54) is 35.8 Å². The Morgan fingerprint density at radius 3 is 1.64 bits per heavy atom. The number of thiazole rings is 1. The molecule has 0 N–H and O–H groups in total. The standard InChI is InChI=1S/C49H49N3O11S/c1-4-44(53)52(49-51-41-17-11-12-18-43(41)64-49)50-34-37-33-40(62-47(56)35-19-23-38(24-20-35)58-29-13-7-9-15-31-60-45(54)5-2)27-28-42(37)63-48(57)36-21-25-39(26-22-36)59-30-14-8-10-16-32-61-46(55)6-3/h4-6,11-12,17-28,33-34H,1-3,7-10,13-16,29-32H2. The molecular formula is C49H49N3O11S. The van der Waals surface area contributed by atoms with Gasteiger partial charge in [-0.25, -0.2) is 24.2 Å². The monoisotopic (exact) mass is 887 g/mol. The summed E-state index contributed by atoms with van der Waals surface area (Å²) in [4.78, 5) is 66.6. The van der Waals surface area contributed by atoms with Gasteiger partial charge in [0, 0.05) is 17.7 Å². The van der Waals surface area contributed by atoms with E-state index in [0.29, 0.717) is 43.4 Å². The van der Waals surface area contributed by atoms with Crippen LogP contribution in [0.5, 0.6) is 23.0 Å². The Morgan fingerprint density at radius 1 is 0.594 bits per heavy atom. The molecule has 1 heterocycles. The summed E-state index contributed by atoms with van der Waals surface area (Å²) in [6, 6.07) is 24.8. The molecule has 4 aromatic carbocycles. The molecule has 0 unspecified atom stereocenters. The first-order chi connectivity index (χ1) is 31.2. The fraction of sp³-hybridized carbons (Fsp3) is 0.245. The Balaban J connectivity index is 1.23. The van der Waals surface area contributed by atoms with Crippen molar-refractivity contribution in [3.63, 3.8) is 0 Å². The maximum Gasteiger partial charge on any atom is 0.343 e. The third-order valence-corrected chi connectivity index (χ3v) is 10.2. The van der Waals surface area contributed by atoms with Crippen LogP contribution in [0.25, 0.3) is 10.2 Å². The number of nitrogens with zero attached hydrogens (tertiary/aromatic N) is 3. The number of carbonyl (C=O) groups excluding carboxylic acids is 5. The zero-order valence-corrected chi connectivity index (χ0v) is 36.1. The number of unbranched alkanes of at least 4 members (excludes halogenated alkanes) is 6. The minimum atomic E-state index is -0.679. The summed E-state index contributed by atoms with van der Waals surface area (Å²) in [6.45, 7) is 12.0. The van der Waals surface area contributed by atoms with Gasteiger partial charge in [-0.3, -0.25) is 4.79 Å². The van der Waals surface area contributed by atoms with Gasteiger partial charge in [-0.15, -0.1) is 0 Å². The molecule has 0 aliphatic heterocycles. The third kappa shape index (κ3) is 15.2. The van der Waals surface area contributed by atoms with Gasteiger partial charge < -0.3 is 28.4 Å². The summed E-state index contributed by atoms with van der Waals surface area (Å²) < 4.78 is 34.0. The second kappa shape index (κ2) is 25.5. The van der Waals surface area contributed by atoms with Gasteiger partial charge in [0.1, 0.15) is 23.0 Å². The molecule has 14 nitrogen and oxygen atoms in total. The highest BCUT2D eigenvalue weighted by Gasteiger charge is 2.19. The number of aromatic nitrogens is 1. The molecule has 0 aliphatic rings. The number of fused-ring (bicyclic) bond motifs is 1. The van der Waals surface area contributed by atoms with Crippen molar-refractivity contribution < 1.29 is 52.4 Å². The Labute approximate surface area is 375 Å². The van der Waals surface area contributed by atoms with Gasteiger partial charge in [0.15, 0.2) is 0 Å². The normalized spacial score (nSPS) is 10.8. The van der Waals surface area contributed by atoms with Crippen LogP contribution in [0, 0.1) is 0 Å². The molecule has 0 saturated heterocycles. The Hall–Kier alpha value is -7.39. The van der Waals surface area contributed by atoms with Crippen molar-refractivity contribution in [2.45, 2.75) is 51.4 Å². The molecule has 1 aromatic heterocycles. The van der Waals surface area contributed by atoms with E-state index in [9.17, 15) is 24.0 Å². The smallest absolute Gasteiger partial charge is 0.343 e. The predicted molar refractivity (Wildman–Crippen MR) is 244 cm³/mol. The maximum absolute atomic E-state index is 13.4. The topological polar surface area (TPSA) is 169 Å². The first-order valence-electron chi connectivity index (χ1n) is 20.7. The van der Waals surface area contributed by atoms with Gasteiger partial charge in [-0.1, -0.05) is 43.2 Å². The average molecular weight is 888 g/mol. The van der Waals surface area contributed by atoms with E-state index in [4.69, 9.17) is 28.4 Å². The third-order valence-electron chi connectivity index (χ3n) is 9.17. The second-order valence-corrected chi connectivity index (χ2v) is 14.9. The summed E-state index contributed by atoms with van der Waals surface area (Å²) in [5, 5.41) is 5.79. The van der Waals surface area contributed by atoms with Gasteiger partial charge in [0.25, 0.3) is 5.91 Å². The van der Waals surface area contributed by atoms with Crippen LogP contribution in [0.4, 0.5) is 5.13 Å². The van der Waals surface area contributed by atoms with Crippen molar-refractivity contribution in [1.82, 2.24) is 4.98 Å². The number of ether oxygens (including phenoxy) is 6. The largest absolute Gasteiger partial charge is 0.494 e. The number of hydrazone groups is 1. The Bertz CT molecular complexity index is 2390. The molecule has 0 spiro atoms.